The fourth-order valence-electron chi connectivity index (χ4n) is 3.49. The lowest BCUT2D eigenvalue weighted by Crippen LogP contribution is -2.40. The van der Waals surface area contributed by atoms with Crippen LogP contribution in [-0.4, -0.2) is 38.2 Å². The maximum atomic E-state index is 13.2. The maximum absolute atomic E-state index is 13.2. The molecule has 0 bridgehead atoms. The number of hydrogen-bond donors (Lipinski definition) is 2. The van der Waals surface area contributed by atoms with Gasteiger partial charge in [0.2, 0.25) is 0 Å². The Morgan fingerprint density at radius 3 is 2.47 bits per heavy atom. The average molecular weight is 491 g/mol. The molecule has 4 aromatic rings. The number of rotatable bonds is 8. The quantitative estimate of drug-likeness (QED) is 0.386. The molecule has 4 rings (SSSR count). The second-order valence-electron chi connectivity index (χ2n) is 7.64. The van der Waals surface area contributed by atoms with Gasteiger partial charge in [0, 0.05) is 30.9 Å². The highest BCUT2D eigenvalue weighted by atomic mass is 19.1. The number of nitrogens with one attached hydrogen (secondary N) is 2. The van der Waals surface area contributed by atoms with Crippen molar-refractivity contribution in [3.63, 3.8) is 0 Å². The van der Waals surface area contributed by atoms with Gasteiger partial charge < -0.3 is 15.0 Å². The second-order valence-corrected chi connectivity index (χ2v) is 7.64. The van der Waals surface area contributed by atoms with Gasteiger partial charge >= 0.3 is 5.69 Å². The van der Waals surface area contributed by atoms with Crippen LogP contribution in [0.4, 0.5) is 4.39 Å². The molecule has 0 fully saturated rings. The zero-order valence-corrected chi connectivity index (χ0v) is 19.2. The average Bonchev–Trinajstić information content (AvgIpc) is 2.87. The second kappa shape index (κ2) is 10.6. The van der Waals surface area contributed by atoms with E-state index in [1.54, 1.807) is 24.3 Å². The van der Waals surface area contributed by atoms with Gasteiger partial charge in [0.15, 0.2) is 0 Å². The first-order valence-electron chi connectivity index (χ1n) is 11.1. The van der Waals surface area contributed by atoms with Gasteiger partial charge in [-0.1, -0.05) is 0 Å². The summed E-state index contributed by atoms with van der Waals surface area (Å²) in [7, 11) is 0. The molecule has 2 aromatic heterocycles. The van der Waals surface area contributed by atoms with E-state index in [1.165, 1.54) is 29.1 Å². The summed E-state index contributed by atoms with van der Waals surface area (Å²) in [4.78, 5) is 56.6. The number of aromatic amines is 1. The molecule has 0 radical (unpaired) electrons. The van der Waals surface area contributed by atoms with E-state index < -0.39 is 23.0 Å². The minimum Gasteiger partial charge on any atom is -0.494 e. The van der Waals surface area contributed by atoms with Crippen molar-refractivity contribution in [3.8, 4) is 22.7 Å². The number of H-pyrrole nitrogens is 1. The summed E-state index contributed by atoms with van der Waals surface area (Å²) in [6.07, 6.45) is 2.39. The molecule has 0 aliphatic rings. The summed E-state index contributed by atoms with van der Waals surface area (Å²) >= 11 is 0. The molecule has 10 nitrogen and oxygen atoms in total. The van der Waals surface area contributed by atoms with Gasteiger partial charge in [-0.05, 0) is 55.5 Å². The molecule has 0 spiro atoms. The largest absolute Gasteiger partial charge is 0.494 e. The van der Waals surface area contributed by atoms with Gasteiger partial charge in [-0.25, -0.2) is 18.7 Å². The number of carbonyl (C=O) groups excluding carboxylic acids is 1. The van der Waals surface area contributed by atoms with Crippen LogP contribution in [0.1, 0.15) is 17.3 Å². The Balaban J connectivity index is 1.44. The molecule has 0 unspecified atom stereocenters. The number of amides is 1. The number of ether oxygens (including phenoxy) is 1. The molecular formula is C25H22FN5O5. The molecule has 2 aromatic carbocycles. The van der Waals surface area contributed by atoms with Crippen molar-refractivity contribution >= 4 is 5.91 Å². The number of aromatic nitrogens is 4. The lowest BCUT2D eigenvalue weighted by Gasteiger charge is -2.10. The van der Waals surface area contributed by atoms with E-state index in [1.807, 2.05) is 6.92 Å². The number of carbonyl (C=O) groups is 1. The van der Waals surface area contributed by atoms with E-state index in [2.05, 4.69) is 15.3 Å². The Labute approximate surface area is 203 Å². The molecule has 0 atom stereocenters. The van der Waals surface area contributed by atoms with Gasteiger partial charge in [0.1, 0.15) is 17.1 Å². The number of halogens is 1. The molecule has 2 heterocycles. The van der Waals surface area contributed by atoms with Crippen molar-refractivity contribution in [2.24, 2.45) is 0 Å². The van der Waals surface area contributed by atoms with Crippen LogP contribution in [0.2, 0.25) is 0 Å². The lowest BCUT2D eigenvalue weighted by molar-refractivity contribution is 0.0949. The van der Waals surface area contributed by atoms with E-state index in [-0.39, 0.29) is 29.9 Å². The van der Waals surface area contributed by atoms with Crippen molar-refractivity contribution in [3.05, 3.63) is 110 Å². The molecule has 0 saturated heterocycles. The predicted molar refractivity (Wildman–Crippen MR) is 130 cm³/mol. The molecule has 0 saturated carbocycles. The van der Waals surface area contributed by atoms with Gasteiger partial charge in [-0.15, -0.1) is 0 Å². The molecule has 0 aliphatic heterocycles. The van der Waals surface area contributed by atoms with Crippen molar-refractivity contribution in [1.29, 1.82) is 0 Å². The molecule has 36 heavy (non-hydrogen) atoms. The van der Waals surface area contributed by atoms with Crippen LogP contribution in [0.25, 0.3) is 16.9 Å². The van der Waals surface area contributed by atoms with Crippen LogP contribution < -0.4 is 26.9 Å². The van der Waals surface area contributed by atoms with Crippen molar-refractivity contribution in [1.82, 2.24) is 24.4 Å². The van der Waals surface area contributed by atoms with E-state index >= 15 is 0 Å². The molecule has 11 heteroatoms. The Morgan fingerprint density at radius 1 is 1.08 bits per heavy atom. The smallest absolute Gasteiger partial charge is 0.333 e. The highest BCUT2D eigenvalue weighted by Gasteiger charge is 2.16. The van der Waals surface area contributed by atoms with E-state index in [0.29, 0.717) is 12.3 Å². The maximum Gasteiger partial charge on any atom is 0.333 e. The van der Waals surface area contributed by atoms with Gasteiger partial charge in [0.25, 0.3) is 17.0 Å². The summed E-state index contributed by atoms with van der Waals surface area (Å²) in [5.41, 5.74) is -0.886. The van der Waals surface area contributed by atoms with Crippen LogP contribution >= 0.6 is 0 Å². The van der Waals surface area contributed by atoms with E-state index in [4.69, 9.17) is 4.74 Å². The normalized spacial score (nSPS) is 10.7. The highest BCUT2D eigenvalue weighted by Crippen LogP contribution is 2.19. The fourth-order valence-corrected chi connectivity index (χ4v) is 3.49. The number of nitrogens with zero attached hydrogens (tertiary/aromatic N) is 3. The monoisotopic (exact) mass is 491 g/mol. The molecule has 0 aliphatic carbocycles. The summed E-state index contributed by atoms with van der Waals surface area (Å²) in [6, 6.07) is 13.3. The van der Waals surface area contributed by atoms with Crippen LogP contribution in [-0.2, 0) is 6.54 Å². The summed E-state index contributed by atoms with van der Waals surface area (Å²) < 4.78 is 20.7. The van der Waals surface area contributed by atoms with Crippen molar-refractivity contribution in [2.75, 3.05) is 13.2 Å². The fraction of sp³-hybridized carbons (Fsp3) is 0.160. The zero-order valence-electron chi connectivity index (χ0n) is 19.2. The molecule has 1 amide bonds. The van der Waals surface area contributed by atoms with Crippen molar-refractivity contribution < 1.29 is 13.9 Å². The Morgan fingerprint density at radius 2 is 1.81 bits per heavy atom. The summed E-state index contributed by atoms with van der Waals surface area (Å²) in [5.74, 6) is -0.550. The van der Waals surface area contributed by atoms with E-state index in [0.717, 1.165) is 34.2 Å². The minimum atomic E-state index is -0.860. The Kier molecular flexibility index (Phi) is 7.19. The van der Waals surface area contributed by atoms with Crippen molar-refractivity contribution in [2.45, 2.75) is 13.5 Å². The van der Waals surface area contributed by atoms with Gasteiger partial charge in [0.05, 0.1) is 24.3 Å². The highest BCUT2D eigenvalue weighted by molar-refractivity contribution is 5.93. The number of hydrogen-bond acceptors (Lipinski definition) is 6. The van der Waals surface area contributed by atoms with Gasteiger partial charge in [-0.3, -0.25) is 19.0 Å². The SMILES string of the molecule is CCOc1ccc(-c2cc(=O)n(CCNC(=O)c3c[nH]c(=O)n(-c4ccc(F)cc4)c3=O)cn2)cc1. The first-order chi connectivity index (χ1) is 17.4. The summed E-state index contributed by atoms with van der Waals surface area (Å²) in [5, 5.41) is 2.55. The Bertz CT molecular complexity index is 1560. The first-order valence-corrected chi connectivity index (χ1v) is 11.1. The standard InChI is InChI=1S/C25H22FN5O5/c1-2-36-19-9-3-16(4-10-19)21-13-22(32)30(15-29-21)12-11-27-23(33)20-14-28-25(35)31(24(20)34)18-7-5-17(26)6-8-18/h3-10,13-15H,2,11-12H2,1H3,(H,27,33)(H,28,35). The molecular weight excluding hydrogens is 469 g/mol. The summed E-state index contributed by atoms with van der Waals surface area (Å²) in [6.45, 7) is 2.58. The molecule has 184 valence electrons. The van der Waals surface area contributed by atoms with Crippen LogP contribution in [0, 0.1) is 5.82 Å². The third-order valence-electron chi connectivity index (χ3n) is 5.28. The lowest BCUT2D eigenvalue weighted by atomic mass is 10.1. The first kappa shape index (κ1) is 24.3. The zero-order chi connectivity index (χ0) is 25.7. The number of benzene rings is 2. The topological polar surface area (TPSA) is 128 Å². The third kappa shape index (κ3) is 5.30. The van der Waals surface area contributed by atoms with E-state index in [9.17, 15) is 23.6 Å². The van der Waals surface area contributed by atoms with Crippen LogP contribution in [0.15, 0.2) is 81.5 Å². The predicted octanol–water partition coefficient (Wildman–Crippen LogP) is 1.72. The van der Waals surface area contributed by atoms with Crippen LogP contribution in [0.3, 0.4) is 0 Å². The Hall–Kier alpha value is -4.80. The molecule has 2 N–H and O–H groups in total. The van der Waals surface area contributed by atoms with Crippen LogP contribution in [0.5, 0.6) is 5.75 Å². The minimum absolute atomic E-state index is 0.0257. The third-order valence-corrected chi connectivity index (χ3v) is 5.28. The van der Waals surface area contributed by atoms with Gasteiger partial charge in [-0.2, -0.15) is 0 Å².